The summed E-state index contributed by atoms with van der Waals surface area (Å²) in [5.41, 5.74) is 13.6. The Bertz CT molecular complexity index is 392. The summed E-state index contributed by atoms with van der Waals surface area (Å²) >= 11 is 0. The lowest BCUT2D eigenvalue weighted by molar-refractivity contribution is -0.147. The van der Waals surface area contributed by atoms with Crippen molar-refractivity contribution < 1.29 is 0 Å². The molecule has 2 saturated heterocycles. The van der Waals surface area contributed by atoms with Crippen molar-refractivity contribution in [3.05, 3.63) is 0 Å². The summed E-state index contributed by atoms with van der Waals surface area (Å²) in [6.07, 6.45) is 3.89. The van der Waals surface area contributed by atoms with Crippen LogP contribution in [0.3, 0.4) is 0 Å². The maximum absolute atomic E-state index is 6.33. The van der Waals surface area contributed by atoms with E-state index in [-0.39, 0.29) is 0 Å². The molecule has 0 aromatic rings. The van der Waals surface area contributed by atoms with Gasteiger partial charge in [-0.15, -0.1) is 0 Å². The molecule has 4 rings (SSSR count). The third-order valence-corrected chi connectivity index (χ3v) is 6.91. The minimum Gasteiger partial charge on any atom is -0.327 e. The summed E-state index contributed by atoms with van der Waals surface area (Å²) < 4.78 is 0. The largest absolute Gasteiger partial charge is 0.327 e. The average Bonchev–Trinajstić information content (AvgIpc) is 2.56. The summed E-state index contributed by atoms with van der Waals surface area (Å²) in [5, 5.41) is 0. The Hall–Kier alpha value is -0.160. The van der Waals surface area contributed by atoms with Gasteiger partial charge >= 0.3 is 0 Å². The highest BCUT2D eigenvalue weighted by Crippen LogP contribution is 2.61. The molecular formula is C15H28N4. The standard InChI is InChI=1S/C15H28N4/c1-18-6-11-12(16)5-14(11,7-18)4-10-3-13(17)15(10)8-19(2)9-15/h10-13H,3-9,16-17H2,1-2H3/t10?,11?,12-,13+,14?/m0/s1. The second-order valence-electron chi connectivity index (χ2n) is 8.18. The highest BCUT2D eigenvalue weighted by atomic mass is 15.2. The average molecular weight is 264 g/mol. The van der Waals surface area contributed by atoms with Crippen molar-refractivity contribution in [3.8, 4) is 0 Å². The fraction of sp³-hybridized carbons (Fsp3) is 1.00. The van der Waals surface area contributed by atoms with E-state index in [0.29, 0.717) is 22.9 Å². The Balaban J connectivity index is 1.48. The van der Waals surface area contributed by atoms with E-state index in [9.17, 15) is 0 Å². The van der Waals surface area contributed by atoms with Gasteiger partial charge in [0, 0.05) is 43.7 Å². The van der Waals surface area contributed by atoms with E-state index in [2.05, 4.69) is 23.9 Å². The lowest BCUT2D eigenvalue weighted by Gasteiger charge is -2.66. The number of nitrogens with zero attached hydrogens (tertiary/aromatic N) is 2. The molecule has 2 aliphatic carbocycles. The molecule has 1 spiro atoms. The second kappa shape index (κ2) is 3.73. The van der Waals surface area contributed by atoms with Crippen LogP contribution in [0.15, 0.2) is 0 Å². The molecule has 0 aromatic heterocycles. The number of rotatable bonds is 2. The molecule has 0 amide bonds. The number of fused-ring (bicyclic) bond motifs is 1. The van der Waals surface area contributed by atoms with Crippen molar-refractivity contribution >= 4 is 0 Å². The fourth-order valence-corrected chi connectivity index (χ4v) is 5.95. The first-order chi connectivity index (χ1) is 8.95. The summed E-state index contributed by atoms with van der Waals surface area (Å²) in [6, 6.07) is 0.912. The monoisotopic (exact) mass is 264 g/mol. The molecule has 0 bridgehead atoms. The van der Waals surface area contributed by atoms with Gasteiger partial charge in [-0.05, 0) is 50.6 Å². The Morgan fingerprint density at radius 3 is 2.42 bits per heavy atom. The van der Waals surface area contributed by atoms with Crippen molar-refractivity contribution in [1.82, 2.24) is 9.80 Å². The predicted octanol–water partition coefficient (Wildman–Crippen LogP) is -0.0655. The molecule has 0 radical (unpaired) electrons. The van der Waals surface area contributed by atoms with Crippen LogP contribution in [0.2, 0.25) is 0 Å². The van der Waals surface area contributed by atoms with Gasteiger partial charge in [0.15, 0.2) is 0 Å². The zero-order valence-corrected chi connectivity index (χ0v) is 12.3. The van der Waals surface area contributed by atoms with Crippen LogP contribution in [-0.2, 0) is 0 Å². The Morgan fingerprint density at radius 1 is 1.11 bits per heavy atom. The van der Waals surface area contributed by atoms with Gasteiger partial charge in [0.05, 0.1) is 0 Å². The second-order valence-corrected chi connectivity index (χ2v) is 8.18. The van der Waals surface area contributed by atoms with E-state index in [1.54, 1.807) is 0 Å². The van der Waals surface area contributed by atoms with Gasteiger partial charge in [0.25, 0.3) is 0 Å². The Kier molecular flexibility index (Phi) is 2.47. The first kappa shape index (κ1) is 12.6. The molecule has 19 heavy (non-hydrogen) atoms. The van der Waals surface area contributed by atoms with Crippen LogP contribution in [0.1, 0.15) is 19.3 Å². The van der Waals surface area contributed by atoms with E-state index in [1.807, 2.05) is 0 Å². The molecule has 4 aliphatic rings. The lowest BCUT2D eigenvalue weighted by atomic mass is 9.46. The Labute approximate surface area is 116 Å². The zero-order valence-electron chi connectivity index (χ0n) is 12.3. The van der Waals surface area contributed by atoms with E-state index in [0.717, 1.165) is 11.8 Å². The molecule has 2 heterocycles. The van der Waals surface area contributed by atoms with E-state index >= 15 is 0 Å². The van der Waals surface area contributed by atoms with Gasteiger partial charge in [-0.1, -0.05) is 0 Å². The van der Waals surface area contributed by atoms with Crippen LogP contribution < -0.4 is 11.5 Å². The van der Waals surface area contributed by atoms with Crippen molar-refractivity contribution in [1.29, 1.82) is 0 Å². The van der Waals surface area contributed by atoms with Crippen LogP contribution in [0.4, 0.5) is 0 Å². The molecule has 4 heteroatoms. The molecule has 2 aliphatic heterocycles. The third-order valence-electron chi connectivity index (χ3n) is 6.91. The zero-order chi connectivity index (χ0) is 13.4. The van der Waals surface area contributed by atoms with Crippen molar-refractivity contribution in [2.75, 3.05) is 40.3 Å². The quantitative estimate of drug-likeness (QED) is 0.733. The molecule has 5 atom stereocenters. The number of hydrogen-bond donors (Lipinski definition) is 2. The summed E-state index contributed by atoms with van der Waals surface area (Å²) in [7, 11) is 4.48. The molecule has 3 unspecified atom stereocenters. The Morgan fingerprint density at radius 2 is 1.84 bits per heavy atom. The third kappa shape index (κ3) is 1.49. The van der Waals surface area contributed by atoms with Crippen molar-refractivity contribution in [2.24, 2.45) is 34.1 Å². The molecule has 2 saturated carbocycles. The lowest BCUT2D eigenvalue weighted by Crippen LogP contribution is -2.74. The first-order valence-corrected chi connectivity index (χ1v) is 7.83. The first-order valence-electron chi connectivity index (χ1n) is 7.83. The molecule has 4 fully saturated rings. The molecule has 108 valence electrons. The SMILES string of the molecule is CN1CC2[C@@H](N)CC2(CC2C[C@@H](N)C23CN(C)C3)C1. The fourth-order valence-electron chi connectivity index (χ4n) is 5.95. The van der Waals surface area contributed by atoms with Gasteiger partial charge in [0.1, 0.15) is 0 Å². The van der Waals surface area contributed by atoms with Crippen LogP contribution in [0, 0.1) is 22.7 Å². The molecule has 4 N–H and O–H groups in total. The minimum atomic E-state index is 0.455. The van der Waals surface area contributed by atoms with E-state index in [1.165, 1.54) is 45.4 Å². The van der Waals surface area contributed by atoms with Crippen LogP contribution in [0.5, 0.6) is 0 Å². The number of nitrogens with two attached hydrogens (primary N) is 2. The highest BCUT2D eigenvalue weighted by molar-refractivity contribution is 5.18. The van der Waals surface area contributed by atoms with Gasteiger partial charge in [0.2, 0.25) is 0 Å². The van der Waals surface area contributed by atoms with Gasteiger partial charge in [-0.3, -0.25) is 0 Å². The van der Waals surface area contributed by atoms with Crippen LogP contribution in [0.25, 0.3) is 0 Å². The molecule has 0 aromatic carbocycles. The van der Waals surface area contributed by atoms with E-state index < -0.39 is 0 Å². The molecule has 4 nitrogen and oxygen atoms in total. The van der Waals surface area contributed by atoms with Gasteiger partial charge in [-0.2, -0.15) is 0 Å². The maximum Gasteiger partial charge on any atom is 0.0138 e. The maximum atomic E-state index is 6.33. The highest BCUT2D eigenvalue weighted by Gasteiger charge is 2.64. The predicted molar refractivity (Wildman–Crippen MR) is 76.6 cm³/mol. The van der Waals surface area contributed by atoms with E-state index in [4.69, 9.17) is 11.5 Å². The number of likely N-dealkylation sites (tertiary alicyclic amines) is 2. The molecular weight excluding hydrogens is 236 g/mol. The van der Waals surface area contributed by atoms with Crippen molar-refractivity contribution in [3.63, 3.8) is 0 Å². The summed E-state index contributed by atoms with van der Waals surface area (Å²) in [5.74, 6) is 1.62. The van der Waals surface area contributed by atoms with Gasteiger partial charge < -0.3 is 21.3 Å². The summed E-state index contributed by atoms with van der Waals surface area (Å²) in [6.45, 7) is 4.93. The minimum absolute atomic E-state index is 0.455. The van der Waals surface area contributed by atoms with Gasteiger partial charge in [-0.25, -0.2) is 0 Å². The summed E-state index contributed by atoms with van der Waals surface area (Å²) in [4.78, 5) is 4.92. The van der Waals surface area contributed by atoms with Crippen molar-refractivity contribution in [2.45, 2.75) is 31.3 Å². The smallest absolute Gasteiger partial charge is 0.0138 e. The van der Waals surface area contributed by atoms with Crippen LogP contribution >= 0.6 is 0 Å². The normalized spacial score (nSPS) is 52.4. The number of hydrogen-bond acceptors (Lipinski definition) is 4. The topological polar surface area (TPSA) is 58.5 Å². The van der Waals surface area contributed by atoms with Crippen LogP contribution in [-0.4, -0.2) is 62.2 Å².